The number of benzene rings is 4. The standard InChI is InChI=1S/C51H56N8O8/c1-50(2,3)59(49(65)66)43(33-16-11-8-12-17-33)47(63)58-29-34(44(53)60)26-40(58)30-19-21-32(22-20-30)41-37(28-52)36-27-35(23-24-38(36)55-41)54-45(61)39-18-13-25-57(39)46(62)42(31-14-9-7-10-15-31)56-48(64)67-51(4,5)6/h7-12,14-17,19-24,27,34,39-40,42-43,55H,13,18,25-26,29H2,1-6H3,(H2,53,60)(H,54,61)(H,56,64)(H,65,66)/t34?,39-,40-,42+,43+/m0/s1. The van der Waals surface area contributed by atoms with Crippen molar-refractivity contribution in [1.82, 2.24) is 25.0 Å². The summed E-state index contributed by atoms with van der Waals surface area (Å²) in [4.78, 5) is 88.5. The fourth-order valence-corrected chi connectivity index (χ4v) is 9.11. The molecule has 0 aliphatic carbocycles. The van der Waals surface area contributed by atoms with Crippen LogP contribution in [0.5, 0.6) is 0 Å². The summed E-state index contributed by atoms with van der Waals surface area (Å²) in [5.74, 6) is -2.58. The average molecular weight is 909 g/mol. The van der Waals surface area contributed by atoms with Gasteiger partial charge in [0.1, 0.15) is 29.8 Å². The number of hydrogen-bond acceptors (Lipinski definition) is 8. The van der Waals surface area contributed by atoms with Crippen LogP contribution >= 0.6 is 0 Å². The first-order chi connectivity index (χ1) is 31.7. The number of carbonyl (C=O) groups excluding carboxylic acids is 5. The van der Waals surface area contributed by atoms with Gasteiger partial charge in [0.25, 0.3) is 11.8 Å². The Balaban J connectivity index is 1.12. The molecule has 348 valence electrons. The van der Waals surface area contributed by atoms with Crippen LogP contribution < -0.4 is 16.4 Å². The van der Waals surface area contributed by atoms with E-state index in [9.17, 15) is 39.1 Å². The molecule has 5 aromatic rings. The average Bonchev–Trinajstić information content (AvgIpc) is 4.04. The van der Waals surface area contributed by atoms with Crippen molar-refractivity contribution in [3.63, 3.8) is 0 Å². The van der Waals surface area contributed by atoms with E-state index in [0.717, 1.165) is 4.90 Å². The van der Waals surface area contributed by atoms with E-state index in [1.807, 2.05) is 24.3 Å². The number of H-pyrrole nitrogens is 1. The fourth-order valence-electron chi connectivity index (χ4n) is 9.11. The first-order valence-corrected chi connectivity index (χ1v) is 22.2. The van der Waals surface area contributed by atoms with E-state index in [1.54, 1.807) is 125 Å². The number of nitriles is 1. The van der Waals surface area contributed by atoms with Crippen LogP contribution in [0, 0.1) is 17.2 Å². The predicted molar refractivity (Wildman–Crippen MR) is 251 cm³/mol. The number of nitrogens with two attached hydrogens (primary N) is 1. The topological polar surface area (TPSA) is 231 Å². The fraction of sp³-hybridized carbons (Fsp3) is 0.353. The molecule has 0 radical (unpaired) electrons. The molecule has 5 atom stereocenters. The first-order valence-electron chi connectivity index (χ1n) is 22.2. The molecule has 16 heteroatoms. The number of nitrogens with one attached hydrogen (secondary N) is 3. The number of likely N-dealkylation sites (tertiary alicyclic amines) is 2. The Morgan fingerprint density at radius 3 is 2.09 bits per heavy atom. The Hall–Kier alpha value is -7.67. The number of amides is 6. The minimum absolute atomic E-state index is 0.00951. The van der Waals surface area contributed by atoms with Gasteiger partial charge in [-0.25, -0.2) is 9.59 Å². The van der Waals surface area contributed by atoms with E-state index in [4.69, 9.17) is 10.5 Å². The van der Waals surface area contributed by atoms with Gasteiger partial charge in [-0.2, -0.15) is 5.26 Å². The van der Waals surface area contributed by atoms with Crippen LogP contribution in [-0.2, 0) is 23.9 Å². The van der Waals surface area contributed by atoms with E-state index in [1.165, 1.54) is 4.90 Å². The van der Waals surface area contributed by atoms with Crippen molar-refractivity contribution >= 4 is 52.4 Å². The van der Waals surface area contributed by atoms with Crippen LogP contribution in [0.25, 0.3) is 22.2 Å². The number of rotatable bonds is 11. The molecule has 0 bridgehead atoms. The van der Waals surface area contributed by atoms with Crippen molar-refractivity contribution in [3.8, 4) is 17.3 Å². The van der Waals surface area contributed by atoms with Crippen molar-refractivity contribution in [3.05, 3.63) is 125 Å². The van der Waals surface area contributed by atoms with Crippen molar-refractivity contribution in [2.45, 2.75) is 96.1 Å². The van der Waals surface area contributed by atoms with Crippen LogP contribution in [-0.4, -0.2) is 90.9 Å². The highest BCUT2D eigenvalue weighted by atomic mass is 16.6. The molecule has 0 spiro atoms. The summed E-state index contributed by atoms with van der Waals surface area (Å²) < 4.78 is 5.46. The number of fused-ring (bicyclic) bond motifs is 1. The van der Waals surface area contributed by atoms with Gasteiger partial charge in [-0.15, -0.1) is 0 Å². The lowest BCUT2D eigenvalue weighted by Crippen LogP contribution is -2.52. The summed E-state index contributed by atoms with van der Waals surface area (Å²) in [6, 6.07) is 28.5. The number of carbonyl (C=O) groups is 6. The van der Waals surface area contributed by atoms with Crippen molar-refractivity contribution in [1.29, 1.82) is 5.26 Å². The highest BCUT2D eigenvalue weighted by Gasteiger charge is 2.46. The number of ether oxygens (including phenoxy) is 1. The number of alkyl carbamates (subject to hydrolysis) is 1. The minimum atomic E-state index is -1.27. The maximum absolute atomic E-state index is 14.7. The second-order valence-corrected chi connectivity index (χ2v) is 19.0. The summed E-state index contributed by atoms with van der Waals surface area (Å²) in [7, 11) is 0. The van der Waals surface area contributed by atoms with Crippen LogP contribution in [0.1, 0.15) is 101 Å². The lowest BCUT2D eigenvalue weighted by molar-refractivity contribution is -0.139. The molecule has 3 heterocycles. The Morgan fingerprint density at radius 1 is 0.866 bits per heavy atom. The lowest BCUT2D eigenvalue weighted by Gasteiger charge is -2.41. The third-order valence-electron chi connectivity index (χ3n) is 12.2. The largest absolute Gasteiger partial charge is 0.465 e. The second kappa shape index (κ2) is 19.0. The quantitative estimate of drug-likeness (QED) is 0.0869. The number of aromatic amines is 1. The van der Waals surface area contributed by atoms with Gasteiger partial charge in [0.05, 0.1) is 23.2 Å². The van der Waals surface area contributed by atoms with Crippen LogP contribution in [0.2, 0.25) is 0 Å². The monoisotopic (exact) mass is 908 g/mol. The third kappa shape index (κ3) is 10.3. The van der Waals surface area contributed by atoms with Gasteiger partial charge in [-0.05, 0) is 101 Å². The summed E-state index contributed by atoms with van der Waals surface area (Å²) in [5, 5.41) is 27.1. The molecule has 2 aliphatic heterocycles. The number of primary amides is 1. The molecule has 7 rings (SSSR count). The van der Waals surface area contributed by atoms with Crippen LogP contribution in [0.3, 0.4) is 0 Å². The Morgan fingerprint density at radius 2 is 1.51 bits per heavy atom. The molecule has 16 nitrogen and oxygen atoms in total. The first kappa shape index (κ1) is 47.3. The van der Waals surface area contributed by atoms with E-state index >= 15 is 0 Å². The van der Waals surface area contributed by atoms with Gasteiger partial charge in [0.2, 0.25) is 11.8 Å². The number of anilines is 1. The normalized spacial score (nSPS) is 18.1. The SMILES string of the molecule is CC(C)(C)OC(=O)N[C@@H](C(=O)N1CCC[C@H]1C(=O)Nc1ccc2[nH]c(-c3ccc([C@@H]4CC(C(N)=O)CN4C(=O)[C@@H](c4ccccc4)N(C(=O)O)C(C)(C)C)cc3)c(C#N)c2c1)c1ccccc1. The molecule has 2 aliphatic rings. The second-order valence-electron chi connectivity index (χ2n) is 19.0. The number of hydrogen-bond donors (Lipinski definition) is 5. The van der Waals surface area contributed by atoms with Crippen LogP contribution in [0.4, 0.5) is 15.3 Å². The molecule has 67 heavy (non-hydrogen) atoms. The molecule has 2 fully saturated rings. The number of carboxylic acid groups (broad SMARTS) is 1. The van der Waals surface area contributed by atoms with Crippen LogP contribution in [0.15, 0.2) is 103 Å². The van der Waals surface area contributed by atoms with Gasteiger partial charge in [-0.1, -0.05) is 84.9 Å². The highest BCUT2D eigenvalue weighted by molar-refractivity contribution is 6.02. The smallest absolute Gasteiger partial charge is 0.408 e. The third-order valence-corrected chi connectivity index (χ3v) is 12.2. The van der Waals surface area contributed by atoms with Crippen molar-refractivity contribution in [2.75, 3.05) is 18.4 Å². The predicted octanol–water partition coefficient (Wildman–Crippen LogP) is 7.80. The maximum atomic E-state index is 14.7. The van der Waals surface area contributed by atoms with E-state index in [2.05, 4.69) is 21.7 Å². The molecule has 1 aromatic heterocycles. The Kier molecular flexibility index (Phi) is 13.4. The molecule has 1 unspecified atom stereocenters. The minimum Gasteiger partial charge on any atom is -0.465 e. The Bertz CT molecular complexity index is 2720. The number of nitrogens with zero attached hydrogens (tertiary/aromatic N) is 4. The summed E-state index contributed by atoms with van der Waals surface area (Å²) in [6.07, 6.45) is -0.812. The van der Waals surface area contributed by atoms with Gasteiger partial charge in [-0.3, -0.25) is 24.1 Å². The summed E-state index contributed by atoms with van der Waals surface area (Å²) >= 11 is 0. The zero-order valence-electron chi connectivity index (χ0n) is 38.4. The lowest BCUT2D eigenvalue weighted by atomic mass is 9.95. The zero-order chi connectivity index (χ0) is 48.4. The zero-order valence-corrected chi connectivity index (χ0v) is 38.4. The molecule has 4 aromatic carbocycles. The van der Waals surface area contributed by atoms with E-state index < -0.39 is 77.0 Å². The van der Waals surface area contributed by atoms with Gasteiger partial charge < -0.3 is 41.0 Å². The summed E-state index contributed by atoms with van der Waals surface area (Å²) in [5.41, 5.74) is 8.33. The van der Waals surface area contributed by atoms with E-state index in [-0.39, 0.29) is 13.0 Å². The summed E-state index contributed by atoms with van der Waals surface area (Å²) in [6.45, 7) is 10.7. The van der Waals surface area contributed by atoms with Crippen molar-refractivity contribution < 1.29 is 38.6 Å². The molecule has 0 saturated carbocycles. The molecule has 6 amide bonds. The highest BCUT2D eigenvalue weighted by Crippen LogP contribution is 2.41. The Labute approximate surface area is 389 Å². The maximum Gasteiger partial charge on any atom is 0.408 e. The molecule has 6 N–H and O–H groups in total. The molecular formula is C51H56N8O8. The van der Waals surface area contributed by atoms with Gasteiger partial charge in [0.15, 0.2) is 0 Å². The van der Waals surface area contributed by atoms with Gasteiger partial charge >= 0.3 is 12.2 Å². The number of aromatic nitrogens is 1. The molecule has 2 saturated heterocycles. The van der Waals surface area contributed by atoms with Crippen molar-refractivity contribution in [2.24, 2.45) is 11.7 Å². The van der Waals surface area contributed by atoms with E-state index in [0.29, 0.717) is 69.5 Å². The van der Waals surface area contributed by atoms with Gasteiger partial charge in [0, 0.05) is 35.2 Å². The molecular weight excluding hydrogens is 853 g/mol.